The maximum atomic E-state index is 11.4. The Balaban J connectivity index is 2.77. The molecule has 0 fully saturated rings. The van der Waals surface area contributed by atoms with Crippen molar-refractivity contribution in [3.05, 3.63) is 59.7 Å². The number of hydrogen-bond donors (Lipinski definition) is 4. The van der Waals surface area contributed by atoms with Crippen molar-refractivity contribution in [2.24, 2.45) is 11.5 Å². The molecule has 0 aliphatic carbocycles. The zero-order valence-corrected chi connectivity index (χ0v) is 13.8. The Labute approximate surface area is 138 Å². The molecule has 0 aromatic heterocycles. The standard InChI is InChI=1S/C14H14N2O6S2/c15-13(9-5-1-3-7-11(9)23(17,18)19)14(16)10-6-2-4-8-12(10)24(20,21)22/h1-8H,15-16H2,(H,17,18,19)(H,20,21,22). The highest BCUT2D eigenvalue weighted by Gasteiger charge is 2.21. The lowest BCUT2D eigenvalue weighted by Crippen LogP contribution is -2.14. The second-order valence-corrected chi connectivity index (χ2v) is 7.55. The van der Waals surface area contributed by atoms with E-state index in [9.17, 15) is 25.9 Å². The summed E-state index contributed by atoms with van der Waals surface area (Å²) in [6, 6.07) is 10.6. The Morgan fingerprint density at radius 1 is 0.667 bits per heavy atom. The molecule has 2 rings (SSSR count). The first-order valence-electron chi connectivity index (χ1n) is 6.42. The van der Waals surface area contributed by atoms with E-state index in [0.717, 1.165) is 12.1 Å². The molecular formula is C14H14N2O6S2. The van der Waals surface area contributed by atoms with Crippen LogP contribution in [0.4, 0.5) is 0 Å². The summed E-state index contributed by atoms with van der Waals surface area (Å²) in [5.41, 5.74) is 11.0. The van der Waals surface area contributed by atoms with E-state index in [1.807, 2.05) is 0 Å². The molecule has 2 aromatic rings. The number of hydrogen-bond acceptors (Lipinski definition) is 6. The minimum atomic E-state index is -4.57. The molecule has 0 spiro atoms. The second-order valence-electron chi connectivity index (χ2n) is 4.77. The van der Waals surface area contributed by atoms with Gasteiger partial charge in [-0.25, -0.2) is 0 Å². The fourth-order valence-corrected chi connectivity index (χ4v) is 3.53. The number of nitrogens with two attached hydrogens (primary N) is 2. The maximum absolute atomic E-state index is 11.4. The predicted molar refractivity (Wildman–Crippen MR) is 87.7 cm³/mol. The lowest BCUT2D eigenvalue weighted by atomic mass is 10.1. The SMILES string of the molecule is NC(=C(N)c1ccccc1S(=O)(=O)O)c1ccccc1S(=O)(=O)O. The van der Waals surface area contributed by atoms with E-state index in [4.69, 9.17) is 11.5 Å². The van der Waals surface area contributed by atoms with Crippen LogP contribution in [0.3, 0.4) is 0 Å². The molecule has 0 heterocycles. The highest BCUT2D eigenvalue weighted by atomic mass is 32.2. The molecule has 0 saturated heterocycles. The van der Waals surface area contributed by atoms with Gasteiger partial charge >= 0.3 is 0 Å². The third kappa shape index (κ3) is 3.57. The minimum Gasteiger partial charge on any atom is -0.397 e. The topological polar surface area (TPSA) is 161 Å². The molecule has 0 aliphatic heterocycles. The van der Waals surface area contributed by atoms with Crippen molar-refractivity contribution in [3.63, 3.8) is 0 Å². The third-order valence-corrected chi connectivity index (χ3v) is 5.02. The van der Waals surface area contributed by atoms with E-state index < -0.39 is 30.0 Å². The van der Waals surface area contributed by atoms with Gasteiger partial charge in [0.2, 0.25) is 0 Å². The molecule has 0 unspecified atom stereocenters. The molecule has 8 nitrogen and oxygen atoms in total. The first-order chi connectivity index (χ1) is 11.0. The van der Waals surface area contributed by atoms with Crippen LogP contribution in [0.1, 0.15) is 11.1 Å². The van der Waals surface area contributed by atoms with E-state index in [-0.39, 0.29) is 22.5 Å². The maximum Gasteiger partial charge on any atom is 0.295 e. The monoisotopic (exact) mass is 370 g/mol. The summed E-state index contributed by atoms with van der Waals surface area (Å²) in [6.45, 7) is 0. The van der Waals surface area contributed by atoms with Crippen molar-refractivity contribution in [1.29, 1.82) is 0 Å². The minimum absolute atomic E-state index is 0.0948. The fraction of sp³-hybridized carbons (Fsp3) is 0. The van der Waals surface area contributed by atoms with Gasteiger partial charge in [0.05, 0.1) is 11.4 Å². The number of rotatable bonds is 4. The van der Waals surface area contributed by atoms with Crippen LogP contribution >= 0.6 is 0 Å². The summed E-state index contributed by atoms with van der Waals surface area (Å²) in [4.78, 5) is -0.954. The van der Waals surface area contributed by atoms with Crippen LogP contribution < -0.4 is 11.5 Å². The summed E-state index contributed by atoms with van der Waals surface area (Å²) in [6.07, 6.45) is 0. The molecule has 2 aromatic carbocycles. The van der Waals surface area contributed by atoms with Crippen LogP contribution in [0.5, 0.6) is 0 Å². The molecule has 0 bridgehead atoms. The van der Waals surface area contributed by atoms with Gasteiger partial charge < -0.3 is 11.5 Å². The molecule has 0 atom stereocenters. The van der Waals surface area contributed by atoms with E-state index >= 15 is 0 Å². The normalized spacial score (nSPS) is 13.4. The van der Waals surface area contributed by atoms with Crippen LogP contribution in [-0.4, -0.2) is 25.9 Å². The third-order valence-electron chi connectivity index (χ3n) is 3.20. The van der Waals surface area contributed by atoms with Gasteiger partial charge in [-0.15, -0.1) is 0 Å². The fourth-order valence-electron chi connectivity index (χ4n) is 2.12. The van der Waals surface area contributed by atoms with Crippen molar-refractivity contribution in [2.75, 3.05) is 0 Å². The largest absolute Gasteiger partial charge is 0.397 e. The molecule has 6 N–H and O–H groups in total. The smallest absolute Gasteiger partial charge is 0.295 e. The van der Waals surface area contributed by atoms with Gasteiger partial charge in [-0.1, -0.05) is 36.4 Å². The molecule has 0 aliphatic rings. The van der Waals surface area contributed by atoms with Gasteiger partial charge in [0, 0.05) is 11.1 Å². The van der Waals surface area contributed by atoms with Crippen LogP contribution in [-0.2, 0) is 20.2 Å². The summed E-state index contributed by atoms with van der Waals surface area (Å²) in [5.74, 6) is 0. The summed E-state index contributed by atoms with van der Waals surface area (Å²) >= 11 is 0. The zero-order valence-electron chi connectivity index (χ0n) is 12.1. The van der Waals surface area contributed by atoms with Crippen molar-refractivity contribution in [1.82, 2.24) is 0 Å². The van der Waals surface area contributed by atoms with Crippen molar-refractivity contribution in [3.8, 4) is 0 Å². The van der Waals surface area contributed by atoms with E-state index in [1.54, 1.807) is 0 Å². The Kier molecular flexibility index (Phi) is 4.67. The average molecular weight is 370 g/mol. The van der Waals surface area contributed by atoms with Gasteiger partial charge in [0.1, 0.15) is 9.79 Å². The second kappa shape index (κ2) is 6.24. The predicted octanol–water partition coefficient (Wildman–Crippen LogP) is 0.923. The van der Waals surface area contributed by atoms with Crippen LogP contribution in [0.15, 0.2) is 58.3 Å². The van der Waals surface area contributed by atoms with Crippen LogP contribution in [0.25, 0.3) is 11.4 Å². The molecule has 0 radical (unpaired) electrons. The Morgan fingerprint density at radius 3 is 1.25 bits per heavy atom. The Bertz CT molecular complexity index is 943. The highest BCUT2D eigenvalue weighted by Crippen LogP contribution is 2.27. The van der Waals surface area contributed by atoms with E-state index in [2.05, 4.69) is 0 Å². The van der Waals surface area contributed by atoms with Gasteiger partial charge in [0.25, 0.3) is 20.2 Å². The highest BCUT2D eigenvalue weighted by molar-refractivity contribution is 7.86. The van der Waals surface area contributed by atoms with Gasteiger partial charge in [-0.05, 0) is 12.1 Å². The quantitative estimate of drug-likeness (QED) is 0.456. The van der Waals surface area contributed by atoms with E-state index in [0.29, 0.717) is 0 Å². The van der Waals surface area contributed by atoms with Crippen molar-refractivity contribution < 1.29 is 25.9 Å². The molecule has 24 heavy (non-hydrogen) atoms. The first-order valence-corrected chi connectivity index (χ1v) is 9.30. The first kappa shape index (κ1) is 17.9. The molecular weight excluding hydrogens is 356 g/mol. The summed E-state index contributed by atoms with van der Waals surface area (Å²) in [5, 5.41) is 0. The summed E-state index contributed by atoms with van der Waals surface area (Å²) in [7, 11) is -9.14. The van der Waals surface area contributed by atoms with E-state index in [1.165, 1.54) is 36.4 Å². The summed E-state index contributed by atoms with van der Waals surface area (Å²) < 4.78 is 64.3. The Morgan fingerprint density at radius 2 is 0.958 bits per heavy atom. The van der Waals surface area contributed by atoms with Crippen LogP contribution in [0.2, 0.25) is 0 Å². The van der Waals surface area contributed by atoms with Crippen molar-refractivity contribution >= 4 is 31.6 Å². The average Bonchev–Trinajstić information content (AvgIpc) is 2.52. The molecule has 0 amide bonds. The van der Waals surface area contributed by atoms with Crippen LogP contribution in [0, 0.1) is 0 Å². The van der Waals surface area contributed by atoms with Crippen molar-refractivity contribution in [2.45, 2.75) is 9.79 Å². The lowest BCUT2D eigenvalue weighted by molar-refractivity contribution is 0.480. The number of benzene rings is 2. The van der Waals surface area contributed by atoms with Gasteiger partial charge in [-0.3, -0.25) is 9.11 Å². The van der Waals surface area contributed by atoms with Gasteiger partial charge in [-0.2, -0.15) is 16.8 Å². The molecule has 128 valence electrons. The molecule has 10 heteroatoms. The molecule has 0 saturated carbocycles. The Hall–Kier alpha value is -2.40. The zero-order chi connectivity index (χ0) is 18.1. The van der Waals surface area contributed by atoms with Gasteiger partial charge in [0.15, 0.2) is 0 Å². The lowest BCUT2D eigenvalue weighted by Gasteiger charge is -2.13.